The molecule has 0 spiro atoms. The Kier molecular flexibility index (Phi) is 9.48. The van der Waals surface area contributed by atoms with E-state index < -0.39 is 12.0 Å². The summed E-state index contributed by atoms with van der Waals surface area (Å²) in [7, 11) is 0. The molecule has 1 aliphatic heterocycles. The molecule has 186 valence electrons. The maximum absolute atomic E-state index is 12.7. The Morgan fingerprint density at radius 3 is 2.37 bits per heavy atom. The third-order valence-electron chi connectivity index (χ3n) is 5.87. The molecule has 0 aliphatic carbocycles. The lowest BCUT2D eigenvalue weighted by molar-refractivity contribution is -0.142. The molecule has 35 heavy (non-hydrogen) atoms. The van der Waals surface area contributed by atoms with Crippen LogP contribution in [0.3, 0.4) is 0 Å². The number of piperidine rings is 1. The summed E-state index contributed by atoms with van der Waals surface area (Å²) >= 11 is 14.0. The van der Waals surface area contributed by atoms with Crippen LogP contribution >= 0.6 is 35.0 Å². The lowest BCUT2D eigenvalue weighted by atomic mass is 9.95. The molecule has 2 amide bonds. The van der Waals surface area contributed by atoms with Crippen LogP contribution in [0.25, 0.3) is 6.08 Å². The molecule has 0 unspecified atom stereocenters. The molecule has 3 N–H and O–H groups in total. The highest BCUT2D eigenvalue weighted by atomic mass is 35.5. The second kappa shape index (κ2) is 12.3. The number of halogens is 2. The number of aromatic hydroxyl groups is 1. The van der Waals surface area contributed by atoms with E-state index in [0.717, 1.165) is 4.90 Å². The van der Waals surface area contributed by atoms with Gasteiger partial charge in [0.15, 0.2) is 0 Å². The first-order valence-corrected chi connectivity index (χ1v) is 13.0. The van der Waals surface area contributed by atoms with Gasteiger partial charge in [-0.3, -0.25) is 9.59 Å². The number of hydrogen-bond acceptors (Lipinski definition) is 5. The van der Waals surface area contributed by atoms with E-state index in [1.165, 1.54) is 30.0 Å². The van der Waals surface area contributed by atoms with Crippen LogP contribution in [0, 0.1) is 5.92 Å². The van der Waals surface area contributed by atoms with Gasteiger partial charge in [-0.05, 0) is 54.5 Å². The molecule has 0 saturated carbocycles. The molecule has 0 aromatic heterocycles. The summed E-state index contributed by atoms with van der Waals surface area (Å²) in [4.78, 5) is 39.5. The molecule has 1 fully saturated rings. The molecule has 2 aromatic carbocycles. The maximum Gasteiger partial charge on any atom is 0.326 e. The predicted octanol–water partition coefficient (Wildman–Crippen LogP) is 4.48. The zero-order chi connectivity index (χ0) is 25.5. The minimum absolute atomic E-state index is 0.0845. The fourth-order valence-electron chi connectivity index (χ4n) is 3.82. The lowest BCUT2D eigenvalue weighted by Gasteiger charge is -2.31. The highest BCUT2D eigenvalue weighted by molar-refractivity contribution is 7.98. The van der Waals surface area contributed by atoms with E-state index in [0.29, 0.717) is 47.1 Å². The van der Waals surface area contributed by atoms with Gasteiger partial charge >= 0.3 is 5.97 Å². The van der Waals surface area contributed by atoms with Gasteiger partial charge in [-0.2, -0.15) is 0 Å². The summed E-state index contributed by atoms with van der Waals surface area (Å²) < 4.78 is 0. The Labute approximate surface area is 218 Å². The van der Waals surface area contributed by atoms with E-state index in [2.05, 4.69) is 5.32 Å². The number of phenols is 1. The highest BCUT2D eigenvalue weighted by Gasteiger charge is 2.29. The van der Waals surface area contributed by atoms with Crippen LogP contribution in [0.1, 0.15) is 24.0 Å². The number of carbonyl (C=O) groups excluding carboxylic acids is 2. The van der Waals surface area contributed by atoms with Crippen LogP contribution in [-0.4, -0.2) is 58.3 Å². The largest absolute Gasteiger partial charge is 0.508 e. The standard InChI is InChI=1S/C25H26Cl2N2O5S/c1-35-20-8-4-16(22(26)23(20)27)5-9-21(31)29-12-10-17(11-13-29)24(32)28-19(25(33)34)14-15-2-6-18(30)7-3-15/h2-9,17,19,30H,10-14H2,1H3,(H,28,32)(H,33,34)/b9-5+/t19-/m0/s1. The first-order valence-electron chi connectivity index (χ1n) is 11.0. The van der Waals surface area contributed by atoms with Crippen molar-refractivity contribution in [3.8, 4) is 5.75 Å². The Balaban J connectivity index is 1.53. The maximum atomic E-state index is 12.7. The first-order chi connectivity index (χ1) is 16.7. The Hall–Kier alpha value is -2.68. The number of phenolic OH excluding ortho intramolecular Hbond substituents is 1. The lowest BCUT2D eigenvalue weighted by Crippen LogP contribution is -2.48. The molecule has 1 aliphatic rings. The molecule has 3 rings (SSSR count). The van der Waals surface area contributed by atoms with Gasteiger partial charge in [0.05, 0.1) is 10.0 Å². The van der Waals surface area contributed by atoms with Gasteiger partial charge in [-0.1, -0.05) is 41.4 Å². The molecular formula is C25H26Cl2N2O5S. The fraction of sp³-hybridized carbons (Fsp3) is 0.320. The molecule has 7 nitrogen and oxygen atoms in total. The van der Waals surface area contributed by atoms with Crippen LogP contribution < -0.4 is 5.32 Å². The van der Waals surface area contributed by atoms with Crippen molar-refractivity contribution in [2.45, 2.75) is 30.2 Å². The second-order valence-corrected chi connectivity index (χ2v) is 9.79. The third-order valence-corrected chi connectivity index (χ3v) is 7.66. The van der Waals surface area contributed by atoms with Crippen molar-refractivity contribution in [1.29, 1.82) is 0 Å². The van der Waals surface area contributed by atoms with Gasteiger partial charge in [0, 0.05) is 36.4 Å². The monoisotopic (exact) mass is 536 g/mol. The van der Waals surface area contributed by atoms with Crippen molar-refractivity contribution in [2.24, 2.45) is 5.92 Å². The number of benzene rings is 2. The summed E-state index contributed by atoms with van der Waals surface area (Å²) in [5.74, 6) is -1.96. The molecule has 2 aromatic rings. The van der Waals surface area contributed by atoms with Gasteiger partial charge in [-0.25, -0.2) is 4.79 Å². The van der Waals surface area contributed by atoms with Crippen molar-refractivity contribution in [3.63, 3.8) is 0 Å². The Bertz CT molecular complexity index is 1120. The van der Waals surface area contributed by atoms with Crippen molar-refractivity contribution in [2.75, 3.05) is 19.3 Å². The minimum atomic E-state index is -1.13. The summed E-state index contributed by atoms with van der Waals surface area (Å²) in [6, 6.07) is 8.75. The minimum Gasteiger partial charge on any atom is -0.508 e. The highest BCUT2D eigenvalue weighted by Crippen LogP contribution is 2.35. The van der Waals surface area contributed by atoms with E-state index in [9.17, 15) is 24.6 Å². The van der Waals surface area contributed by atoms with Crippen LogP contribution in [0.2, 0.25) is 10.0 Å². The zero-order valence-corrected chi connectivity index (χ0v) is 21.4. The fourth-order valence-corrected chi connectivity index (χ4v) is 4.99. The normalized spacial score (nSPS) is 15.2. The number of carboxylic acid groups (broad SMARTS) is 1. The van der Waals surface area contributed by atoms with Crippen molar-refractivity contribution in [3.05, 3.63) is 63.6 Å². The summed E-state index contributed by atoms with van der Waals surface area (Å²) in [6.45, 7) is 0.772. The summed E-state index contributed by atoms with van der Waals surface area (Å²) in [6.07, 6.45) is 5.94. The quantitative estimate of drug-likeness (QED) is 0.339. The summed E-state index contributed by atoms with van der Waals surface area (Å²) in [5, 5.41) is 22.4. The molecule has 1 saturated heterocycles. The van der Waals surface area contributed by atoms with Crippen molar-refractivity contribution < 1.29 is 24.6 Å². The molecule has 0 radical (unpaired) electrons. The van der Waals surface area contributed by atoms with Crippen LogP contribution in [0.5, 0.6) is 5.75 Å². The van der Waals surface area contributed by atoms with Crippen LogP contribution in [0.4, 0.5) is 0 Å². The number of likely N-dealkylation sites (tertiary alicyclic amines) is 1. The van der Waals surface area contributed by atoms with E-state index in [-0.39, 0.29) is 29.9 Å². The molecule has 10 heteroatoms. The number of rotatable bonds is 8. The van der Waals surface area contributed by atoms with Crippen LogP contribution in [0.15, 0.2) is 47.4 Å². The van der Waals surface area contributed by atoms with Gasteiger partial charge in [0.1, 0.15) is 11.8 Å². The molecular weight excluding hydrogens is 511 g/mol. The smallest absolute Gasteiger partial charge is 0.326 e. The average molecular weight is 537 g/mol. The first kappa shape index (κ1) is 26.9. The number of amides is 2. The van der Waals surface area contributed by atoms with Crippen LogP contribution in [-0.2, 0) is 20.8 Å². The van der Waals surface area contributed by atoms with Gasteiger partial charge < -0.3 is 20.4 Å². The van der Waals surface area contributed by atoms with Gasteiger partial charge in [0.25, 0.3) is 0 Å². The second-order valence-electron chi connectivity index (χ2n) is 8.19. The topological polar surface area (TPSA) is 107 Å². The molecule has 1 heterocycles. The predicted molar refractivity (Wildman–Crippen MR) is 138 cm³/mol. The zero-order valence-electron chi connectivity index (χ0n) is 19.0. The Morgan fingerprint density at radius 1 is 1.11 bits per heavy atom. The van der Waals surface area contributed by atoms with E-state index >= 15 is 0 Å². The SMILES string of the molecule is CSc1ccc(/C=C/C(=O)N2CCC(C(=O)N[C@@H](Cc3ccc(O)cc3)C(=O)O)CC2)c(Cl)c1Cl. The third kappa shape index (κ3) is 7.16. The van der Waals surface area contributed by atoms with E-state index in [4.69, 9.17) is 23.2 Å². The molecule has 1 atom stereocenters. The number of nitrogens with zero attached hydrogens (tertiary/aromatic N) is 1. The number of aliphatic carboxylic acids is 1. The van der Waals surface area contributed by atoms with E-state index in [1.54, 1.807) is 29.2 Å². The summed E-state index contributed by atoms with van der Waals surface area (Å²) in [5.41, 5.74) is 1.33. The average Bonchev–Trinajstić information content (AvgIpc) is 2.85. The Morgan fingerprint density at radius 2 is 1.77 bits per heavy atom. The van der Waals surface area contributed by atoms with Gasteiger partial charge in [0.2, 0.25) is 11.8 Å². The number of hydrogen-bond donors (Lipinski definition) is 3. The number of thioether (sulfide) groups is 1. The molecule has 0 bridgehead atoms. The van der Waals surface area contributed by atoms with Crippen molar-refractivity contribution in [1.82, 2.24) is 10.2 Å². The number of nitrogens with one attached hydrogen (secondary N) is 1. The van der Waals surface area contributed by atoms with Crippen molar-refractivity contribution >= 4 is 58.8 Å². The van der Waals surface area contributed by atoms with E-state index in [1.807, 2.05) is 12.3 Å². The number of carboxylic acids is 1. The number of carbonyl (C=O) groups is 3. The van der Waals surface area contributed by atoms with Gasteiger partial charge in [-0.15, -0.1) is 11.8 Å².